The number of ether oxygens (including phenoxy) is 1. The van der Waals surface area contributed by atoms with Gasteiger partial charge < -0.3 is 20.1 Å². The first-order valence-corrected chi connectivity index (χ1v) is 7.66. The van der Waals surface area contributed by atoms with Gasteiger partial charge in [-0.3, -0.25) is 5.32 Å². The van der Waals surface area contributed by atoms with Crippen LogP contribution in [0.2, 0.25) is 0 Å². The molecular formula is C13H20ClN5O4. The average Bonchev–Trinajstić information content (AvgIpc) is 2.56. The number of nitrogens with one attached hydrogen (secondary N) is 2. The van der Waals surface area contributed by atoms with Crippen LogP contribution < -0.4 is 10.6 Å². The van der Waals surface area contributed by atoms with Crippen LogP contribution in [0.4, 0.5) is 4.79 Å². The number of carboxylic acid groups (broad SMARTS) is 1. The molecule has 128 valence electrons. The molecule has 1 saturated heterocycles. The van der Waals surface area contributed by atoms with E-state index in [2.05, 4.69) is 15.6 Å². The first-order valence-electron chi connectivity index (χ1n) is 7.29. The number of aliphatic imine (C=N–C) groups is 1. The van der Waals surface area contributed by atoms with E-state index in [4.69, 9.17) is 16.3 Å². The zero-order chi connectivity index (χ0) is 17.0. The summed E-state index contributed by atoms with van der Waals surface area (Å²) in [4.78, 5) is 31.0. The third-order valence-electron chi connectivity index (χ3n) is 3.51. The number of hydrogen-bond donors (Lipinski definition) is 3. The van der Waals surface area contributed by atoms with Crippen molar-refractivity contribution in [3.05, 3.63) is 11.6 Å². The first kappa shape index (κ1) is 17.5. The maximum absolute atomic E-state index is 12.9. The fourth-order valence-electron chi connectivity index (χ4n) is 2.46. The number of methoxy groups -OCH3 is 1. The highest BCUT2D eigenvalue weighted by Crippen LogP contribution is 2.25. The smallest absolute Gasteiger partial charge is 0.360 e. The number of rotatable bonds is 4. The largest absolute Gasteiger partial charge is 0.480 e. The monoisotopic (exact) mass is 345 g/mol. The number of amides is 2. The van der Waals surface area contributed by atoms with Gasteiger partial charge in [-0.1, -0.05) is 18.5 Å². The topological polar surface area (TPSA) is 106 Å². The molecule has 2 aliphatic heterocycles. The molecule has 0 aromatic rings. The number of hydrogen-bond acceptors (Lipinski definition) is 6. The van der Waals surface area contributed by atoms with Crippen molar-refractivity contribution in [2.24, 2.45) is 4.99 Å². The second-order valence-electron chi connectivity index (χ2n) is 4.95. The van der Waals surface area contributed by atoms with Crippen LogP contribution in [0.3, 0.4) is 0 Å². The molecule has 0 aliphatic carbocycles. The molecule has 1 unspecified atom stereocenters. The lowest BCUT2D eigenvalue weighted by Crippen LogP contribution is -2.59. The number of carbonyl (C=O) groups excluding carboxylic acids is 1. The minimum atomic E-state index is -1.31. The van der Waals surface area contributed by atoms with Crippen molar-refractivity contribution >= 4 is 28.8 Å². The SMILES string of the molecule is CCNC1C(Cl)=NC(C(=O)O)=C(OC)N1C(=O)N1CCNCC1. The van der Waals surface area contributed by atoms with Crippen molar-refractivity contribution in [1.29, 1.82) is 0 Å². The van der Waals surface area contributed by atoms with Crippen molar-refractivity contribution in [3.63, 3.8) is 0 Å². The Hall–Kier alpha value is -1.84. The lowest BCUT2D eigenvalue weighted by Gasteiger charge is -2.39. The van der Waals surface area contributed by atoms with E-state index in [0.717, 1.165) is 0 Å². The van der Waals surface area contributed by atoms with Crippen LogP contribution in [0.15, 0.2) is 16.6 Å². The van der Waals surface area contributed by atoms with E-state index < -0.39 is 17.8 Å². The number of carbonyl (C=O) groups is 2. The van der Waals surface area contributed by atoms with E-state index in [-0.39, 0.29) is 17.1 Å². The Morgan fingerprint density at radius 2 is 2.13 bits per heavy atom. The van der Waals surface area contributed by atoms with Gasteiger partial charge in [0.25, 0.3) is 0 Å². The number of carboxylic acids is 1. The van der Waals surface area contributed by atoms with Crippen LogP contribution in [0.1, 0.15) is 6.92 Å². The van der Waals surface area contributed by atoms with Gasteiger partial charge in [-0.2, -0.15) is 0 Å². The fraction of sp³-hybridized carbons (Fsp3) is 0.615. The summed E-state index contributed by atoms with van der Waals surface area (Å²) in [5.74, 6) is -1.44. The van der Waals surface area contributed by atoms with E-state index in [9.17, 15) is 14.7 Å². The van der Waals surface area contributed by atoms with Crippen LogP contribution in [-0.2, 0) is 9.53 Å². The Labute approximate surface area is 138 Å². The molecule has 2 rings (SSSR count). The lowest BCUT2D eigenvalue weighted by molar-refractivity contribution is -0.133. The van der Waals surface area contributed by atoms with Gasteiger partial charge in [0.05, 0.1) is 7.11 Å². The van der Waals surface area contributed by atoms with E-state index in [0.29, 0.717) is 32.7 Å². The molecule has 1 atom stereocenters. The van der Waals surface area contributed by atoms with Crippen molar-refractivity contribution in [2.75, 3.05) is 39.8 Å². The Morgan fingerprint density at radius 3 is 2.65 bits per heavy atom. The third kappa shape index (κ3) is 3.57. The zero-order valence-electron chi connectivity index (χ0n) is 13.0. The molecule has 9 nitrogen and oxygen atoms in total. The quantitative estimate of drug-likeness (QED) is 0.651. The highest BCUT2D eigenvalue weighted by Gasteiger charge is 2.40. The molecule has 2 amide bonds. The van der Waals surface area contributed by atoms with Crippen LogP contribution in [0.5, 0.6) is 0 Å². The number of piperazine rings is 1. The molecule has 0 bridgehead atoms. The minimum absolute atomic E-state index is 0.0199. The van der Waals surface area contributed by atoms with E-state index >= 15 is 0 Å². The molecule has 23 heavy (non-hydrogen) atoms. The Balaban J connectivity index is 2.41. The summed E-state index contributed by atoms with van der Waals surface area (Å²) in [6.45, 7) is 4.74. The maximum Gasteiger partial charge on any atom is 0.360 e. The fourth-order valence-corrected chi connectivity index (χ4v) is 2.72. The van der Waals surface area contributed by atoms with Gasteiger partial charge in [0.2, 0.25) is 11.6 Å². The van der Waals surface area contributed by atoms with Crippen LogP contribution in [0, 0.1) is 0 Å². The van der Waals surface area contributed by atoms with Gasteiger partial charge in [-0.25, -0.2) is 19.5 Å². The molecule has 0 radical (unpaired) electrons. The molecule has 1 fully saturated rings. The average molecular weight is 346 g/mol. The second-order valence-corrected chi connectivity index (χ2v) is 5.33. The summed E-state index contributed by atoms with van der Waals surface area (Å²) in [5.41, 5.74) is -0.393. The summed E-state index contributed by atoms with van der Waals surface area (Å²) < 4.78 is 5.17. The van der Waals surface area contributed by atoms with E-state index in [1.54, 1.807) is 4.90 Å². The summed E-state index contributed by atoms with van der Waals surface area (Å²) in [6, 6.07) is -0.374. The lowest BCUT2D eigenvalue weighted by atomic mass is 10.3. The van der Waals surface area contributed by atoms with Crippen molar-refractivity contribution in [2.45, 2.75) is 13.1 Å². The Bertz CT molecular complexity index is 544. The molecule has 2 aliphatic rings. The van der Waals surface area contributed by atoms with E-state index in [1.807, 2.05) is 6.92 Å². The Kier molecular flexibility index (Phi) is 5.80. The van der Waals surface area contributed by atoms with Gasteiger partial charge >= 0.3 is 12.0 Å². The second kappa shape index (κ2) is 7.62. The highest BCUT2D eigenvalue weighted by atomic mass is 35.5. The maximum atomic E-state index is 12.9. The molecule has 0 saturated carbocycles. The normalized spacial score (nSPS) is 22.0. The molecule has 3 N–H and O–H groups in total. The van der Waals surface area contributed by atoms with Crippen LogP contribution in [0.25, 0.3) is 0 Å². The van der Waals surface area contributed by atoms with Crippen molar-refractivity contribution < 1.29 is 19.4 Å². The van der Waals surface area contributed by atoms with Crippen LogP contribution in [-0.4, -0.2) is 78.1 Å². The summed E-state index contributed by atoms with van der Waals surface area (Å²) in [5, 5.41) is 15.5. The molecule has 10 heteroatoms. The van der Waals surface area contributed by atoms with Gasteiger partial charge in [0, 0.05) is 26.2 Å². The number of nitrogens with zero attached hydrogens (tertiary/aromatic N) is 3. The van der Waals surface area contributed by atoms with Gasteiger partial charge in [0.1, 0.15) is 11.3 Å². The van der Waals surface area contributed by atoms with Crippen LogP contribution >= 0.6 is 11.6 Å². The molecule has 2 heterocycles. The van der Waals surface area contributed by atoms with Gasteiger partial charge in [-0.15, -0.1) is 0 Å². The molecule has 0 spiro atoms. The molecular weight excluding hydrogens is 326 g/mol. The predicted molar refractivity (Wildman–Crippen MR) is 84.1 cm³/mol. The highest BCUT2D eigenvalue weighted by molar-refractivity contribution is 6.67. The number of aliphatic carboxylic acids is 1. The summed E-state index contributed by atoms with van der Waals surface area (Å²) >= 11 is 6.11. The standard InChI is InChI=1S/C13H20ClN5O4/c1-3-16-10-9(14)17-8(12(20)21)11(23-2)19(10)13(22)18-6-4-15-5-7-18/h10,15-16H,3-7H2,1-2H3,(H,20,21). The number of halogens is 1. The van der Waals surface area contributed by atoms with Crippen molar-refractivity contribution in [1.82, 2.24) is 20.4 Å². The number of urea groups is 1. The Morgan fingerprint density at radius 1 is 1.48 bits per heavy atom. The first-order chi connectivity index (χ1) is 11.0. The molecule has 0 aromatic heterocycles. The zero-order valence-corrected chi connectivity index (χ0v) is 13.8. The third-order valence-corrected chi connectivity index (χ3v) is 3.80. The predicted octanol–water partition coefficient (Wildman–Crippen LogP) is -0.200. The minimum Gasteiger partial charge on any atom is -0.480 e. The summed E-state index contributed by atoms with van der Waals surface area (Å²) in [7, 11) is 1.30. The van der Waals surface area contributed by atoms with E-state index in [1.165, 1.54) is 12.0 Å². The van der Waals surface area contributed by atoms with Crippen molar-refractivity contribution in [3.8, 4) is 0 Å². The summed E-state index contributed by atoms with van der Waals surface area (Å²) in [6.07, 6.45) is -0.762. The van der Waals surface area contributed by atoms with Gasteiger partial charge in [-0.05, 0) is 6.54 Å². The van der Waals surface area contributed by atoms with Gasteiger partial charge in [0.15, 0.2) is 0 Å². The molecule has 0 aromatic carbocycles.